The maximum absolute atomic E-state index is 2.48. The van der Waals surface area contributed by atoms with Gasteiger partial charge in [0.15, 0.2) is 0 Å². The first-order valence-electron chi connectivity index (χ1n) is 4.25. The van der Waals surface area contributed by atoms with Crippen molar-refractivity contribution in [2.24, 2.45) is 0 Å². The number of hydrogen-bond acceptors (Lipinski definition) is 0. The molecule has 0 heterocycles. The van der Waals surface area contributed by atoms with Crippen LogP contribution in [0.2, 0.25) is 0 Å². The molecule has 0 aliphatic rings. The van der Waals surface area contributed by atoms with Crippen molar-refractivity contribution in [2.75, 3.05) is 6.16 Å². The van der Waals surface area contributed by atoms with E-state index in [1.165, 1.54) is 44.7 Å². The van der Waals surface area contributed by atoms with E-state index < -0.39 is 0 Å². The molecule has 0 aromatic carbocycles. The van der Waals surface area contributed by atoms with Crippen molar-refractivity contribution in [1.29, 1.82) is 0 Å². The third kappa shape index (κ3) is 9.16. The Morgan fingerprint density at radius 3 is 2.20 bits per heavy atom. The van der Waals surface area contributed by atoms with Crippen molar-refractivity contribution in [1.82, 2.24) is 0 Å². The molecular formula is C8H18IP. The van der Waals surface area contributed by atoms with Gasteiger partial charge in [-0.15, -0.1) is 0 Å². The van der Waals surface area contributed by atoms with Gasteiger partial charge in [-0.1, -0.05) is 67.3 Å². The summed E-state index contributed by atoms with van der Waals surface area (Å²) in [5.74, 6) is 0. The predicted octanol–water partition coefficient (Wildman–Crippen LogP) is 4.38. The normalized spacial score (nSPS) is 11.4. The van der Waals surface area contributed by atoms with Crippen molar-refractivity contribution < 1.29 is 0 Å². The van der Waals surface area contributed by atoms with E-state index in [0.29, 0.717) is 0 Å². The topological polar surface area (TPSA) is 0 Å². The van der Waals surface area contributed by atoms with Crippen LogP contribution in [0.15, 0.2) is 0 Å². The van der Waals surface area contributed by atoms with Crippen LogP contribution in [0.1, 0.15) is 45.4 Å². The van der Waals surface area contributed by atoms with Gasteiger partial charge in [0, 0.05) is 0 Å². The molecule has 0 bridgehead atoms. The van der Waals surface area contributed by atoms with Crippen LogP contribution in [0.4, 0.5) is 0 Å². The Morgan fingerprint density at radius 2 is 1.60 bits per heavy atom. The Kier molecular flexibility index (Phi) is 11.3. The zero-order valence-electron chi connectivity index (χ0n) is 6.83. The van der Waals surface area contributed by atoms with Gasteiger partial charge in [-0.2, -0.15) is 0 Å². The highest BCUT2D eigenvalue weighted by atomic mass is 127. The van der Waals surface area contributed by atoms with Gasteiger partial charge in [0.1, 0.15) is 0 Å². The van der Waals surface area contributed by atoms with Crippen LogP contribution in [-0.2, 0) is 0 Å². The van der Waals surface area contributed by atoms with E-state index in [1.54, 1.807) is 0 Å². The molecule has 0 fully saturated rings. The van der Waals surface area contributed by atoms with Gasteiger partial charge in [0.05, 0.1) is 0 Å². The molecule has 0 aromatic heterocycles. The van der Waals surface area contributed by atoms with Gasteiger partial charge >= 0.3 is 0 Å². The molecule has 0 N–H and O–H groups in total. The smallest absolute Gasteiger partial charge is 0.0263 e. The maximum atomic E-state index is 2.48. The maximum Gasteiger partial charge on any atom is -0.0263 e. The highest BCUT2D eigenvalue weighted by Crippen LogP contribution is 2.22. The Labute approximate surface area is 79.8 Å². The molecule has 0 radical (unpaired) electrons. The summed E-state index contributed by atoms with van der Waals surface area (Å²) >= 11 is 2.48. The minimum Gasteiger partial charge on any atom is -0.0654 e. The molecule has 0 amide bonds. The van der Waals surface area contributed by atoms with E-state index in [4.69, 9.17) is 0 Å². The quantitative estimate of drug-likeness (QED) is 0.366. The Morgan fingerprint density at radius 1 is 1.00 bits per heavy atom. The molecule has 0 rings (SSSR count). The molecule has 10 heavy (non-hydrogen) atoms. The van der Waals surface area contributed by atoms with Gasteiger partial charge < -0.3 is 0 Å². The standard InChI is InChI=1S/C8H18IP/c1-2-3-4-5-6-7-8-10-9/h10H,2-8H2,1H3. The molecule has 0 spiro atoms. The van der Waals surface area contributed by atoms with Crippen LogP contribution in [-0.4, -0.2) is 6.16 Å². The molecule has 0 aromatic rings. The molecule has 2 heteroatoms. The molecule has 0 aliphatic heterocycles. The molecule has 0 saturated carbocycles. The van der Waals surface area contributed by atoms with Crippen LogP contribution >= 0.6 is 28.3 Å². The average Bonchev–Trinajstić information content (AvgIpc) is 1.97. The first-order valence-corrected chi connectivity index (χ1v) is 8.57. The van der Waals surface area contributed by atoms with Gasteiger partial charge in [0.25, 0.3) is 0 Å². The molecule has 0 nitrogen and oxygen atoms in total. The number of halogens is 1. The Hall–Kier alpha value is 1.16. The van der Waals surface area contributed by atoms with E-state index in [0.717, 1.165) is 6.22 Å². The van der Waals surface area contributed by atoms with Crippen molar-refractivity contribution in [3.05, 3.63) is 0 Å². The van der Waals surface area contributed by atoms with Crippen molar-refractivity contribution >= 4 is 28.3 Å². The molecule has 0 saturated heterocycles. The van der Waals surface area contributed by atoms with E-state index >= 15 is 0 Å². The molecule has 62 valence electrons. The van der Waals surface area contributed by atoms with Crippen LogP contribution in [0.3, 0.4) is 0 Å². The second kappa shape index (κ2) is 10.2. The summed E-state index contributed by atoms with van der Waals surface area (Å²) in [6.07, 6.45) is 11.3. The van der Waals surface area contributed by atoms with Crippen molar-refractivity contribution in [3.8, 4) is 0 Å². The van der Waals surface area contributed by atoms with Crippen LogP contribution in [0.5, 0.6) is 0 Å². The van der Waals surface area contributed by atoms with E-state index in [9.17, 15) is 0 Å². The molecular weight excluding hydrogens is 254 g/mol. The monoisotopic (exact) mass is 272 g/mol. The fourth-order valence-corrected chi connectivity index (χ4v) is 2.50. The van der Waals surface area contributed by atoms with Crippen LogP contribution in [0, 0.1) is 0 Å². The van der Waals surface area contributed by atoms with Crippen molar-refractivity contribution in [2.45, 2.75) is 45.4 Å². The highest BCUT2D eigenvalue weighted by Gasteiger charge is 1.87. The van der Waals surface area contributed by atoms with Crippen LogP contribution < -0.4 is 0 Å². The Balaban J connectivity index is 2.65. The lowest BCUT2D eigenvalue weighted by molar-refractivity contribution is 0.627. The average molecular weight is 272 g/mol. The summed E-state index contributed by atoms with van der Waals surface area (Å²) < 4.78 is 0. The lowest BCUT2D eigenvalue weighted by atomic mass is 10.1. The van der Waals surface area contributed by atoms with Crippen LogP contribution in [0.25, 0.3) is 0 Å². The van der Waals surface area contributed by atoms with Gasteiger partial charge in [0.2, 0.25) is 0 Å². The lowest BCUT2D eigenvalue weighted by Crippen LogP contribution is -1.78. The summed E-state index contributed by atoms with van der Waals surface area (Å²) in [4.78, 5) is 0. The first kappa shape index (κ1) is 11.2. The van der Waals surface area contributed by atoms with E-state index in [-0.39, 0.29) is 0 Å². The molecule has 1 unspecified atom stereocenters. The first-order chi connectivity index (χ1) is 4.91. The van der Waals surface area contributed by atoms with Crippen molar-refractivity contribution in [3.63, 3.8) is 0 Å². The van der Waals surface area contributed by atoms with Gasteiger partial charge in [-0.05, 0) is 12.6 Å². The second-order valence-corrected chi connectivity index (χ2v) is 5.71. The largest absolute Gasteiger partial charge is 0.0654 e. The lowest BCUT2D eigenvalue weighted by Gasteiger charge is -1.97. The third-order valence-corrected chi connectivity index (χ3v) is 3.79. The fourth-order valence-electron chi connectivity index (χ4n) is 0.972. The third-order valence-electron chi connectivity index (χ3n) is 1.62. The Bertz CT molecular complexity index is 49.2. The zero-order valence-corrected chi connectivity index (χ0v) is 9.99. The highest BCUT2D eigenvalue weighted by molar-refractivity contribution is 14.2. The van der Waals surface area contributed by atoms with Gasteiger partial charge in [-0.25, -0.2) is 0 Å². The van der Waals surface area contributed by atoms with Gasteiger partial charge in [-0.3, -0.25) is 0 Å². The summed E-state index contributed by atoms with van der Waals surface area (Å²) in [6.45, 7) is 2.27. The number of rotatable bonds is 7. The van der Waals surface area contributed by atoms with E-state index in [1.807, 2.05) is 0 Å². The molecule has 1 atom stereocenters. The summed E-state index contributed by atoms with van der Waals surface area (Å²) in [5, 5.41) is 0. The predicted molar refractivity (Wildman–Crippen MR) is 60.6 cm³/mol. The summed E-state index contributed by atoms with van der Waals surface area (Å²) in [7, 11) is 0. The molecule has 0 aliphatic carbocycles. The van der Waals surface area contributed by atoms with E-state index in [2.05, 4.69) is 29.0 Å². The number of hydrogen-bond donors (Lipinski definition) is 0. The zero-order chi connectivity index (χ0) is 7.66. The summed E-state index contributed by atoms with van der Waals surface area (Å²) in [6, 6.07) is 0. The SMILES string of the molecule is CCCCCCCCPI. The minimum absolute atomic E-state index is 1.14. The fraction of sp³-hybridized carbons (Fsp3) is 1.00. The number of unbranched alkanes of at least 4 members (excludes halogenated alkanes) is 5. The minimum atomic E-state index is 1.14. The second-order valence-electron chi connectivity index (χ2n) is 2.65. The summed E-state index contributed by atoms with van der Waals surface area (Å²) in [5.41, 5.74) is 0.